The minimum atomic E-state index is 0.596. The van der Waals surface area contributed by atoms with Gasteiger partial charge in [-0.3, -0.25) is 0 Å². The summed E-state index contributed by atoms with van der Waals surface area (Å²) in [5.41, 5.74) is 0. The quantitative estimate of drug-likeness (QED) is 0.647. The molecule has 0 amide bonds. The van der Waals surface area contributed by atoms with E-state index in [4.69, 9.17) is 9.47 Å². The van der Waals surface area contributed by atoms with E-state index in [1.54, 1.807) is 12.2 Å². The topological polar surface area (TPSA) is 18.5 Å². The van der Waals surface area contributed by atoms with Crippen LogP contribution in [0.4, 0.5) is 0 Å². The van der Waals surface area contributed by atoms with Gasteiger partial charge in [0.25, 0.3) is 0 Å². The zero-order chi connectivity index (χ0) is 16.0. The van der Waals surface area contributed by atoms with Crippen LogP contribution in [-0.4, -0.2) is 0 Å². The first kappa shape index (κ1) is 20.4. The van der Waals surface area contributed by atoms with E-state index in [-0.39, 0.29) is 0 Å². The number of para-hydroxylation sites is 2. The van der Waals surface area contributed by atoms with Crippen molar-refractivity contribution < 1.29 is 9.47 Å². The fourth-order valence-corrected chi connectivity index (χ4v) is 1.24. The van der Waals surface area contributed by atoms with Crippen LogP contribution in [0.3, 0.4) is 0 Å². The van der Waals surface area contributed by atoms with Gasteiger partial charge < -0.3 is 9.47 Å². The van der Waals surface area contributed by atoms with Crippen molar-refractivity contribution in [3.8, 4) is 11.5 Å². The summed E-state index contributed by atoms with van der Waals surface area (Å²) >= 11 is 0. The molecular weight excluding hydrogens is 248 g/mol. The molecule has 0 bridgehead atoms. The van der Waals surface area contributed by atoms with Crippen molar-refractivity contribution in [1.29, 1.82) is 0 Å². The third kappa shape index (κ3) is 5.79. The van der Waals surface area contributed by atoms with Gasteiger partial charge in [-0.05, 0) is 24.3 Å². The summed E-state index contributed by atoms with van der Waals surface area (Å²) in [4.78, 5) is 0. The molecule has 1 aromatic carbocycles. The van der Waals surface area contributed by atoms with Crippen LogP contribution in [-0.2, 0) is 0 Å². The van der Waals surface area contributed by atoms with Crippen LogP contribution in [0, 0.1) is 0 Å². The largest absolute Gasteiger partial charge is 0.450 e. The van der Waals surface area contributed by atoms with Crippen LogP contribution >= 0.6 is 0 Å². The lowest BCUT2D eigenvalue weighted by Gasteiger charge is -2.19. The Labute approximate surface area is 124 Å². The Hall–Kier alpha value is -1.96. The highest BCUT2D eigenvalue weighted by atomic mass is 16.6. The summed E-state index contributed by atoms with van der Waals surface area (Å²) in [7, 11) is 0. The number of ether oxygens (including phenoxy) is 2. The van der Waals surface area contributed by atoms with Crippen molar-refractivity contribution in [1.82, 2.24) is 0 Å². The molecule has 1 aromatic rings. The SMILES string of the molecule is C=CC1=C(C=C)Oc2ccccc2O1.CC.CC.CC. The van der Waals surface area contributed by atoms with E-state index in [9.17, 15) is 0 Å². The number of fused-ring (bicyclic) bond motifs is 1. The monoisotopic (exact) mass is 276 g/mol. The highest BCUT2D eigenvalue weighted by molar-refractivity contribution is 5.46. The molecule has 0 unspecified atom stereocenters. The Morgan fingerprint density at radius 1 is 0.700 bits per heavy atom. The molecule has 0 aliphatic carbocycles. The molecule has 2 nitrogen and oxygen atoms in total. The van der Waals surface area contributed by atoms with Gasteiger partial charge in [-0.1, -0.05) is 66.8 Å². The van der Waals surface area contributed by atoms with E-state index in [1.165, 1.54) is 0 Å². The molecule has 2 rings (SSSR count). The Morgan fingerprint density at radius 3 is 1.25 bits per heavy atom. The van der Waals surface area contributed by atoms with E-state index in [0.717, 1.165) is 0 Å². The molecule has 0 N–H and O–H groups in total. The van der Waals surface area contributed by atoms with Crippen LogP contribution in [0.1, 0.15) is 41.5 Å². The summed E-state index contributed by atoms with van der Waals surface area (Å²) < 4.78 is 11.1. The summed E-state index contributed by atoms with van der Waals surface area (Å²) in [5.74, 6) is 2.60. The predicted octanol–water partition coefficient (Wildman–Crippen LogP) is 6.12. The molecule has 0 saturated carbocycles. The van der Waals surface area contributed by atoms with Gasteiger partial charge in [-0.2, -0.15) is 0 Å². The Morgan fingerprint density at radius 2 is 1.00 bits per heavy atom. The number of rotatable bonds is 2. The highest BCUT2D eigenvalue weighted by Gasteiger charge is 2.16. The van der Waals surface area contributed by atoms with Crippen LogP contribution in [0.25, 0.3) is 0 Å². The summed E-state index contributed by atoms with van der Waals surface area (Å²) in [6.07, 6.45) is 3.21. The standard InChI is InChI=1S/C12H10O2.3C2H6/c1-3-9-10(4-2)14-12-8-6-5-7-11(12)13-9;3*1-2/h3-8H,1-2H2;3*1-2H3. The Kier molecular flexibility index (Phi) is 13.7. The van der Waals surface area contributed by atoms with Crippen molar-refractivity contribution in [2.75, 3.05) is 0 Å². The summed E-state index contributed by atoms with van der Waals surface area (Å²) in [5, 5.41) is 0. The Balaban J connectivity index is 0. The fourth-order valence-electron chi connectivity index (χ4n) is 1.24. The van der Waals surface area contributed by atoms with Crippen LogP contribution < -0.4 is 9.47 Å². The third-order valence-corrected chi connectivity index (χ3v) is 1.90. The second-order valence-corrected chi connectivity index (χ2v) is 2.79. The maximum absolute atomic E-state index is 5.55. The van der Waals surface area contributed by atoms with Crippen molar-refractivity contribution in [2.45, 2.75) is 41.5 Å². The molecular formula is C18H28O2. The molecule has 0 atom stereocenters. The van der Waals surface area contributed by atoms with Crippen molar-refractivity contribution in [3.63, 3.8) is 0 Å². The average Bonchev–Trinajstić information content (AvgIpc) is 2.59. The van der Waals surface area contributed by atoms with E-state index < -0.39 is 0 Å². The molecule has 0 fully saturated rings. The second-order valence-electron chi connectivity index (χ2n) is 2.79. The molecule has 112 valence electrons. The van der Waals surface area contributed by atoms with E-state index >= 15 is 0 Å². The van der Waals surface area contributed by atoms with Crippen LogP contribution in [0.2, 0.25) is 0 Å². The maximum Gasteiger partial charge on any atom is 0.170 e. The summed E-state index contributed by atoms with van der Waals surface area (Å²) in [6, 6.07) is 7.47. The highest BCUT2D eigenvalue weighted by Crippen LogP contribution is 2.34. The Bertz CT molecular complexity index is 378. The van der Waals surface area contributed by atoms with Gasteiger partial charge in [0.05, 0.1) is 0 Å². The maximum atomic E-state index is 5.55. The van der Waals surface area contributed by atoms with Gasteiger partial charge in [0.2, 0.25) is 0 Å². The van der Waals surface area contributed by atoms with Gasteiger partial charge in [0, 0.05) is 0 Å². The third-order valence-electron chi connectivity index (χ3n) is 1.90. The summed E-state index contributed by atoms with van der Waals surface area (Å²) in [6.45, 7) is 19.3. The molecule has 0 saturated heterocycles. The number of allylic oxidation sites excluding steroid dienone is 2. The first-order valence-corrected chi connectivity index (χ1v) is 7.29. The van der Waals surface area contributed by atoms with Gasteiger partial charge in [-0.25, -0.2) is 0 Å². The minimum Gasteiger partial charge on any atom is -0.450 e. The fraction of sp³-hybridized carbons (Fsp3) is 0.333. The van der Waals surface area contributed by atoms with Gasteiger partial charge >= 0.3 is 0 Å². The number of benzene rings is 1. The average molecular weight is 276 g/mol. The van der Waals surface area contributed by atoms with Gasteiger partial charge in [0.15, 0.2) is 23.0 Å². The molecule has 1 aliphatic rings. The lowest BCUT2D eigenvalue weighted by Crippen LogP contribution is -2.08. The molecule has 0 radical (unpaired) electrons. The molecule has 1 heterocycles. The zero-order valence-electron chi connectivity index (χ0n) is 13.7. The number of hydrogen-bond donors (Lipinski definition) is 0. The molecule has 1 aliphatic heterocycles. The lowest BCUT2D eigenvalue weighted by atomic mass is 10.2. The first-order valence-electron chi connectivity index (χ1n) is 7.29. The van der Waals surface area contributed by atoms with Crippen LogP contribution in [0.15, 0.2) is 61.1 Å². The van der Waals surface area contributed by atoms with Crippen LogP contribution in [0.5, 0.6) is 11.5 Å². The van der Waals surface area contributed by atoms with E-state index in [1.807, 2.05) is 65.8 Å². The molecule has 0 spiro atoms. The van der Waals surface area contributed by atoms with Gasteiger partial charge in [0.1, 0.15) is 0 Å². The normalized spacial score (nSPS) is 10.5. The number of hydrogen-bond acceptors (Lipinski definition) is 2. The smallest absolute Gasteiger partial charge is 0.170 e. The lowest BCUT2D eigenvalue weighted by molar-refractivity contribution is 0.316. The van der Waals surface area contributed by atoms with Crippen molar-refractivity contribution >= 4 is 0 Å². The molecule has 2 heteroatoms. The molecule has 0 aromatic heterocycles. The van der Waals surface area contributed by atoms with E-state index in [0.29, 0.717) is 23.0 Å². The van der Waals surface area contributed by atoms with Crippen molar-refractivity contribution in [2.24, 2.45) is 0 Å². The first-order chi connectivity index (χ1) is 9.85. The zero-order valence-corrected chi connectivity index (χ0v) is 13.7. The van der Waals surface area contributed by atoms with E-state index in [2.05, 4.69) is 13.2 Å². The predicted molar refractivity (Wildman–Crippen MR) is 89.2 cm³/mol. The van der Waals surface area contributed by atoms with Gasteiger partial charge in [-0.15, -0.1) is 0 Å². The molecule has 20 heavy (non-hydrogen) atoms. The van der Waals surface area contributed by atoms with Crippen molar-refractivity contribution in [3.05, 3.63) is 61.1 Å². The second kappa shape index (κ2) is 13.5. The minimum absolute atomic E-state index is 0.596.